The van der Waals surface area contributed by atoms with Gasteiger partial charge in [0.1, 0.15) is 5.75 Å². The van der Waals surface area contributed by atoms with Crippen LogP contribution in [0.15, 0.2) is 18.2 Å². The SMILES string of the molecule is COc1ccc(C)cc1CCNC(=O)[C@H]1CCCO[C@H]1C. The number of aryl methyl sites for hydroxylation is 1. The minimum Gasteiger partial charge on any atom is -0.496 e. The van der Waals surface area contributed by atoms with E-state index in [4.69, 9.17) is 9.47 Å². The summed E-state index contributed by atoms with van der Waals surface area (Å²) in [6.07, 6.45) is 2.68. The summed E-state index contributed by atoms with van der Waals surface area (Å²) in [4.78, 5) is 12.2. The summed E-state index contributed by atoms with van der Waals surface area (Å²) in [6.45, 7) is 5.43. The predicted octanol–water partition coefficient (Wildman–Crippen LogP) is 2.48. The highest BCUT2D eigenvalue weighted by molar-refractivity contribution is 5.79. The summed E-state index contributed by atoms with van der Waals surface area (Å²) in [7, 11) is 1.67. The Morgan fingerprint density at radius 2 is 2.29 bits per heavy atom. The molecule has 1 fully saturated rings. The zero-order valence-electron chi connectivity index (χ0n) is 13.1. The van der Waals surface area contributed by atoms with Crippen molar-refractivity contribution in [1.29, 1.82) is 0 Å². The molecule has 116 valence electrons. The normalized spacial score (nSPS) is 21.9. The molecule has 1 aliphatic rings. The second-order valence-electron chi connectivity index (χ2n) is 5.68. The Hall–Kier alpha value is -1.55. The van der Waals surface area contributed by atoms with Gasteiger partial charge in [-0.1, -0.05) is 17.7 Å². The molecule has 1 aromatic carbocycles. The van der Waals surface area contributed by atoms with E-state index < -0.39 is 0 Å². The van der Waals surface area contributed by atoms with Crippen LogP contribution in [-0.2, 0) is 16.0 Å². The molecule has 2 atom stereocenters. The van der Waals surface area contributed by atoms with Gasteiger partial charge in [0.15, 0.2) is 0 Å². The van der Waals surface area contributed by atoms with E-state index in [2.05, 4.69) is 18.3 Å². The van der Waals surface area contributed by atoms with Gasteiger partial charge in [-0.3, -0.25) is 4.79 Å². The van der Waals surface area contributed by atoms with Crippen LogP contribution >= 0.6 is 0 Å². The Balaban J connectivity index is 1.86. The molecule has 0 spiro atoms. The second-order valence-corrected chi connectivity index (χ2v) is 5.68. The highest BCUT2D eigenvalue weighted by atomic mass is 16.5. The molecule has 0 unspecified atom stereocenters. The Bertz CT molecular complexity index is 487. The predicted molar refractivity (Wildman–Crippen MR) is 82.6 cm³/mol. The fourth-order valence-corrected chi connectivity index (χ4v) is 2.82. The first kappa shape index (κ1) is 15.8. The molecule has 0 aliphatic carbocycles. The Morgan fingerprint density at radius 1 is 1.48 bits per heavy atom. The number of methoxy groups -OCH3 is 1. The first-order valence-corrected chi connectivity index (χ1v) is 7.64. The lowest BCUT2D eigenvalue weighted by Crippen LogP contribution is -2.40. The largest absolute Gasteiger partial charge is 0.496 e. The van der Waals surface area contributed by atoms with Crippen molar-refractivity contribution in [2.75, 3.05) is 20.3 Å². The number of ether oxygens (including phenoxy) is 2. The van der Waals surface area contributed by atoms with Gasteiger partial charge in [-0.2, -0.15) is 0 Å². The van der Waals surface area contributed by atoms with Crippen molar-refractivity contribution in [3.8, 4) is 5.75 Å². The average molecular weight is 291 g/mol. The number of benzene rings is 1. The van der Waals surface area contributed by atoms with E-state index in [-0.39, 0.29) is 17.9 Å². The number of rotatable bonds is 5. The minimum atomic E-state index is -0.0156. The molecule has 0 bridgehead atoms. The van der Waals surface area contributed by atoms with E-state index in [1.54, 1.807) is 7.11 Å². The molecule has 2 rings (SSSR count). The van der Waals surface area contributed by atoms with Crippen molar-refractivity contribution in [1.82, 2.24) is 5.32 Å². The Labute approximate surface area is 126 Å². The minimum absolute atomic E-state index is 0.0156. The average Bonchev–Trinajstić information content (AvgIpc) is 2.48. The molecule has 1 amide bonds. The van der Waals surface area contributed by atoms with Crippen LogP contribution in [0.1, 0.15) is 30.9 Å². The zero-order valence-corrected chi connectivity index (χ0v) is 13.1. The highest BCUT2D eigenvalue weighted by Crippen LogP contribution is 2.21. The van der Waals surface area contributed by atoms with Gasteiger partial charge in [-0.25, -0.2) is 0 Å². The monoisotopic (exact) mass is 291 g/mol. The highest BCUT2D eigenvalue weighted by Gasteiger charge is 2.28. The molecule has 1 aliphatic heterocycles. The molecule has 1 N–H and O–H groups in total. The summed E-state index contributed by atoms with van der Waals surface area (Å²) in [5.74, 6) is 0.969. The van der Waals surface area contributed by atoms with E-state index in [1.807, 2.05) is 19.1 Å². The molecule has 1 saturated heterocycles. The van der Waals surface area contributed by atoms with Crippen molar-refractivity contribution in [3.05, 3.63) is 29.3 Å². The molecular formula is C17H25NO3. The maximum absolute atomic E-state index is 12.2. The summed E-state index contributed by atoms with van der Waals surface area (Å²) in [5, 5.41) is 3.03. The van der Waals surface area contributed by atoms with Gasteiger partial charge in [-0.05, 0) is 44.7 Å². The maximum Gasteiger partial charge on any atom is 0.225 e. The molecule has 4 heteroatoms. The van der Waals surface area contributed by atoms with E-state index in [0.717, 1.165) is 37.2 Å². The quantitative estimate of drug-likeness (QED) is 0.906. The number of carbonyl (C=O) groups is 1. The van der Waals surface area contributed by atoms with Crippen molar-refractivity contribution in [2.45, 2.75) is 39.2 Å². The van der Waals surface area contributed by atoms with E-state index >= 15 is 0 Å². The van der Waals surface area contributed by atoms with Gasteiger partial charge in [0.05, 0.1) is 19.1 Å². The standard InChI is InChI=1S/C17H25NO3/c1-12-6-7-16(20-3)14(11-12)8-9-18-17(19)15-5-4-10-21-13(15)2/h6-7,11,13,15H,4-5,8-10H2,1-3H3,(H,18,19)/t13-,15-/m0/s1. The fourth-order valence-electron chi connectivity index (χ4n) is 2.82. The van der Waals surface area contributed by atoms with Crippen LogP contribution in [0, 0.1) is 12.8 Å². The number of hydrogen-bond donors (Lipinski definition) is 1. The lowest BCUT2D eigenvalue weighted by molar-refractivity contribution is -0.133. The molecule has 0 radical (unpaired) electrons. The van der Waals surface area contributed by atoms with Crippen LogP contribution in [-0.4, -0.2) is 32.3 Å². The van der Waals surface area contributed by atoms with Crippen molar-refractivity contribution in [2.24, 2.45) is 5.92 Å². The van der Waals surface area contributed by atoms with Crippen LogP contribution in [0.5, 0.6) is 5.75 Å². The molecule has 1 heterocycles. The number of amides is 1. The Kier molecular flexibility index (Phi) is 5.62. The first-order valence-electron chi connectivity index (χ1n) is 7.64. The summed E-state index contributed by atoms with van der Waals surface area (Å²) >= 11 is 0. The summed E-state index contributed by atoms with van der Waals surface area (Å²) < 4.78 is 10.9. The third-order valence-electron chi connectivity index (χ3n) is 4.07. The van der Waals surface area contributed by atoms with Crippen molar-refractivity contribution in [3.63, 3.8) is 0 Å². The molecule has 0 saturated carbocycles. The van der Waals surface area contributed by atoms with E-state index in [1.165, 1.54) is 5.56 Å². The molecule has 1 aromatic rings. The third-order valence-corrected chi connectivity index (χ3v) is 4.07. The molecule has 21 heavy (non-hydrogen) atoms. The Morgan fingerprint density at radius 3 is 3.00 bits per heavy atom. The topological polar surface area (TPSA) is 47.6 Å². The first-order chi connectivity index (χ1) is 10.1. The molecular weight excluding hydrogens is 266 g/mol. The van der Waals surface area contributed by atoms with E-state index in [9.17, 15) is 4.79 Å². The number of nitrogens with one attached hydrogen (secondary N) is 1. The van der Waals surface area contributed by atoms with Gasteiger partial charge in [0.2, 0.25) is 5.91 Å². The maximum atomic E-state index is 12.2. The van der Waals surface area contributed by atoms with Gasteiger partial charge in [0.25, 0.3) is 0 Å². The van der Waals surface area contributed by atoms with Gasteiger partial charge in [0, 0.05) is 13.2 Å². The third kappa shape index (κ3) is 4.21. The second kappa shape index (κ2) is 7.46. The summed E-state index contributed by atoms with van der Waals surface area (Å²) in [6, 6.07) is 6.11. The van der Waals surface area contributed by atoms with Crippen LogP contribution < -0.4 is 10.1 Å². The van der Waals surface area contributed by atoms with Crippen LogP contribution in [0.25, 0.3) is 0 Å². The smallest absolute Gasteiger partial charge is 0.225 e. The number of carbonyl (C=O) groups excluding carboxylic acids is 1. The van der Waals surface area contributed by atoms with Crippen LogP contribution in [0.4, 0.5) is 0 Å². The van der Waals surface area contributed by atoms with E-state index in [0.29, 0.717) is 6.54 Å². The van der Waals surface area contributed by atoms with Gasteiger partial charge in [-0.15, -0.1) is 0 Å². The lowest BCUT2D eigenvalue weighted by Gasteiger charge is -2.28. The van der Waals surface area contributed by atoms with Crippen LogP contribution in [0.3, 0.4) is 0 Å². The molecule has 0 aromatic heterocycles. The van der Waals surface area contributed by atoms with Gasteiger partial charge < -0.3 is 14.8 Å². The van der Waals surface area contributed by atoms with Gasteiger partial charge >= 0.3 is 0 Å². The number of hydrogen-bond acceptors (Lipinski definition) is 3. The zero-order chi connectivity index (χ0) is 15.2. The van der Waals surface area contributed by atoms with Crippen molar-refractivity contribution >= 4 is 5.91 Å². The lowest BCUT2D eigenvalue weighted by atomic mass is 9.94. The van der Waals surface area contributed by atoms with Crippen LogP contribution in [0.2, 0.25) is 0 Å². The van der Waals surface area contributed by atoms with Crippen molar-refractivity contribution < 1.29 is 14.3 Å². The molecule has 4 nitrogen and oxygen atoms in total. The fraction of sp³-hybridized carbons (Fsp3) is 0.588. The summed E-state index contributed by atoms with van der Waals surface area (Å²) in [5.41, 5.74) is 2.33.